The minimum Gasteiger partial charge on any atom is -0.462 e. The molecule has 5 nitrogen and oxygen atoms in total. The third kappa shape index (κ3) is 4.42. The van der Waals surface area contributed by atoms with E-state index in [0.29, 0.717) is 16.7 Å². The van der Waals surface area contributed by atoms with Gasteiger partial charge in [0.25, 0.3) is 5.91 Å². The number of nitrogens with zero attached hydrogens (tertiary/aromatic N) is 2. The first-order chi connectivity index (χ1) is 15.7. The Morgan fingerprint density at radius 1 is 0.969 bits per heavy atom. The molecule has 0 aliphatic carbocycles. The highest BCUT2D eigenvalue weighted by molar-refractivity contribution is 8.18. The molecule has 6 heteroatoms. The molecule has 2 aromatic carbocycles. The third-order valence-corrected chi connectivity index (χ3v) is 7.04. The number of thioether (sulfide) groups is 1. The highest BCUT2D eigenvalue weighted by Gasteiger charge is 2.33. The standard InChI is InChI=1S/C26H25N3O2S/c1-19-12-13-22(31-19)18-23-25(30)27-26(32-23)29-16-14-28(15-17-29)24(20-8-4-2-5-9-20)21-10-6-3-7-11-21/h2-13,18,24H,14-17H2,1H3/p+1/b23-18-. The number of carbonyl (C=O) groups excluding carboxylic acids is 1. The molecule has 3 heterocycles. The molecule has 1 saturated heterocycles. The van der Waals surface area contributed by atoms with Gasteiger partial charge >= 0.3 is 0 Å². The van der Waals surface area contributed by atoms with E-state index in [-0.39, 0.29) is 5.91 Å². The fraction of sp³-hybridized carbons (Fsp3) is 0.231. The molecule has 32 heavy (non-hydrogen) atoms. The van der Waals surface area contributed by atoms with Crippen molar-refractivity contribution in [2.45, 2.75) is 13.0 Å². The number of hydrogen-bond acceptors (Lipinski definition) is 4. The van der Waals surface area contributed by atoms with Gasteiger partial charge in [-0.05, 0) is 30.8 Å². The molecule has 1 N–H and O–H groups in total. The summed E-state index contributed by atoms with van der Waals surface area (Å²) in [7, 11) is 0. The molecular weight excluding hydrogens is 418 g/mol. The zero-order valence-electron chi connectivity index (χ0n) is 18.0. The van der Waals surface area contributed by atoms with Crippen molar-refractivity contribution in [1.82, 2.24) is 4.90 Å². The van der Waals surface area contributed by atoms with Gasteiger partial charge in [-0.25, -0.2) is 0 Å². The molecule has 1 fully saturated rings. The van der Waals surface area contributed by atoms with Gasteiger partial charge in [0.1, 0.15) is 17.6 Å². The highest BCUT2D eigenvalue weighted by Crippen LogP contribution is 2.30. The van der Waals surface area contributed by atoms with Crippen molar-refractivity contribution in [2.75, 3.05) is 26.2 Å². The Morgan fingerprint density at radius 2 is 1.59 bits per heavy atom. The van der Waals surface area contributed by atoms with Crippen LogP contribution in [0.15, 0.2) is 87.1 Å². The van der Waals surface area contributed by atoms with Crippen molar-refractivity contribution in [3.8, 4) is 0 Å². The lowest BCUT2D eigenvalue weighted by atomic mass is 9.96. The van der Waals surface area contributed by atoms with E-state index in [1.165, 1.54) is 27.8 Å². The summed E-state index contributed by atoms with van der Waals surface area (Å²) in [6.45, 7) is 5.61. The largest absolute Gasteiger partial charge is 0.462 e. The fourth-order valence-corrected chi connectivity index (χ4v) is 5.37. The smallest absolute Gasteiger partial charge is 0.286 e. The number of quaternary nitrogens is 1. The maximum absolute atomic E-state index is 12.4. The first-order valence-electron chi connectivity index (χ1n) is 11.0. The summed E-state index contributed by atoms with van der Waals surface area (Å²) in [6, 6.07) is 25.6. The molecule has 1 amide bonds. The summed E-state index contributed by atoms with van der Waals surface area (Å²) < 4.78 is 5.59. The van der Waals surface area contributed by atoms with Crippen LogP contribution in [0.5, 0.6) is 0 Å². The Bertz CT molecular complexity index is 1110. The van der Waals surface area contributed by atoms with E-state index in [9.17, 15) is 4.79 Å². The minimum atomic E-state index is -0.180. The Morgan fingerprint density at radius 3 is 2.16 bits per heavy atom. The Balaban J connectivity index is 1.29. The topological polar surface area (TPSA) is 50.2 Å². The SMILES string of the molecule is Cc1ccc(/C=C2\SC(N3CC[NH+](C(c4ccccc4)c4ccccc4)CC3)=NC2=O)o1. The van der Waals surface area contributed by atoms with Crippen LogP contribution in [0, 0.1) is 6.92 Å². The van der Waals surface area contributed by atoms with Crippen LogP contribution in [0.4, 0.5) is 0 Å². The third-order valence-electron chi connectivity index (χ3n) is 5.99. The first kappa shape index (κ1) is 20.8. The summed E-state index contributed by atoms with van der Waals surface area (Å²) in [5, 5.41) is 0.805. The van der Waals surface area contributed by atoms with Gasteiger partial charge < -0.3 is 14.2 Å². The number of carbonyl (C=O) groups is 1. The van der Waals surface area contributed by atoms with E-state index in [2.05, 4.69) is 70.6 Å². The van der Waals surface area contributed by atoms with Crippen LogP contribution >= 0.6 is 11.8 Å². The molecule has 2 aliphatic rings. The Kier molecular flexibility index (Phi) is 5.97. The van der Waals surface area contributed by atoms with Crippen molar-refractivity contribution in [3.05, 3.63) is 100 Å². The van der Waals surface area contributed by atoms with Gasteiger partial charge in [-0.2, -0.15) is 4.99 Å². The van der Waals surface area contributed by atoms with E-state index < -0.39 is 0 Å². The molecule has 0 atom stereocenters. The number of nitrogens with one attached hydrogen (secondary N) is 1. The number of piperazine rings is 1. The second-order valence-electron chi connectivity index (χ2n) is 8.16. The molecule has 162 valence electrons. The summed E-state index contributed by atoms with van der Waals surface area (Å²) in [4.78, 5) is 21.2. The van der Waals surface area contributed by atoms with Crippen molar-refractivity contribution in [1.29, 1.82) is 0 Å². The van der Waals surface area contributed by atoms with Crippen LogP contribution < -0.4 is 4.90 Å². The van der Waals surface area contributed by atoms with Gasteiger partial charge in [-0.1, -0.05) is 60.7 Å². The molecule has 0 radical (unpaired) electrons. The van der Waals surface area contributed by atoms with Gasteiger partial charge in [0.05, 0.1) is 31.1 Å². The molecule has 2 aliphatic heterocycles. The maximum Gasteiger partial charge on any atom is 0.286 e. The van der Waals surface area contributed by atoms with Crippen LogP contribution in [-0.4, -0.2) is 42.2 Å². The monoisotopic (exact) mass is 444 g/mol. The van der Waals surface area contributed by atoms with Crippen molar-refractivity contribution in [3.63, 3.8) is 0 Å². The summed E-state index contributed by atoms with van der Waals surface area (Å²) in [6.07, 6.45) is 1.79. The number of amides is 1. The van der Waals surface area contributed by atoms with Gasteiger partial charge in [-0.3, -0.25) is 4.79 Å². The molecule has 0 bridgehead atoms. The van der Waals surface area contributed by atoms with Gasteiger partial charge in [0.15, 0.2) is 5.17 Å². The van der Waals surface area contributed by atoms with Gasteiger partial charge in [0.2, 0.25) is 0 Å². The molecule has 5 rings (SSSR count). The number of benzene rings is 2. The van der Waals surface area contributed by atoms with Crippen LogP contribution in [0.1, 0.15) is 28.7 Å². The van der Waals surface area contributed by atoms with E-state index in [1.807, 2.05) is 19.1 Å². The Hall–Kier alpha value is -3.09. The van der Waals surface area contributed by atoms with E-state index in [1.54, 1.807) is 6.08 Å². The normalized spacial score (nSPS) is 18.6. The number of aliphatic imine (C=N–C) groups is 1. The lowest BCUT2D eigenvalue weighted by molar-refractivity contribution is -0.929. The van der Waals surface area contributed by atoms with Crippen molar-refractivity contribution in [2.24, 2.45) is 4.99 Å². The fourth-order valence-electron chi connectivity index (χ4n) is 4.42. The molecular formula is C26H26N3O2S+. The number of aryl methyl sites for hydroxylation is 1. The van der Waals surface area contributed by atoms with E-state index in [4.69, 9.17) is 4.42 Å². The number of rotatable bonds is 4. The zero-order chi connectivity index (χ0) is 21.9. The number of furan rings is 1. The van der Waals surface area contributed by atoms with Crippen LogP contribution in [0.25, 0.3) is 6.08 Å². The average Bonchev–Trinajstić information content (AvgIpc) is 3.41. The molecule has 0 saturated carbocycles. The van der Waals surface area contributed by atoms with Crippen molar-refractivity contribution < 1.29 is 14.1 Å². The van der Waals surface area contributed by atoms with Gasteiger partial charge in [0, 0.05) is 17.2 Å². The summed E-state index contributed by atoms with van der Waals surface area (Å²) in [5.41, 5.74) is 2.67. The van der Waals surface area contributed by atoms with Gasteiger partial charge in [-0.15, -0.1) is 0 Å². The predicted octanol–water partition coefficient (Wildman–Crippen LogP) is 3.55. The van der Waals surface area contributed by atoms with Crippen LogP contribution in [0.2, 0.25) is 0 Å². The minimum absolute atomic E-state index is 0.180. The zero-order valence-corrected chi connectivity index (χ0v) is 18.8. The second kappa shape index (κ2) is 9.18. The maximum atomic E-state index is 12.4. The quantitative estimate of drug-likeness (QED) is 0.626. The summed E-state index contributed by atoms with van der Waals surface area (Å²) >= 11 is 1.45. The average molecular weight is 445 g/mol. The highest BCUT2D eigenvalue weighted by atomic mass is 32.2. The van der Waals surface area contributed by atoms with Crippen molar-refractivity contribution >= 4 is 28.9 Å². The lowest BCUT2D eigenvalue weighted by Gasteiger charge is -2.37. The van der Waals surface area contributed by atoms with E-state index in [0.717, 1.165) is 37.1 Å². The predicted molar refractivity (Wildman–Crippen MR) is 128 cm³/mol. The number of hydrogen-bond donors (Lipinski definition) is 1. The number of amidine groups is 1. The lowest BCUT2D eigenvalue weighted by Crippen LogP contribution is -3.15. The van der Waals surface area contributed by atoms with E-state index >= 15 is 0 Å². The molecule has 0 unspecified atom stereocenters. The first-order valence-corrected chi connectivity index (χ1v) is 11.8. The van der Waals surface area contributed by atoms with Crippen LogP contribution in [0.3, 0.4) is 0 Å². The molecule has 0 spiro atoms. The van der Waals surface area contributed by atoms with Crippen LogP contribution in [-0.2, 0) is 4.79 Å². The molecule has 1 aromatic heterocycles. The Labute approximate surface area is 192 Å². The second-order valence-corrected chi connectivity index (χ2v) is 9.17. The summed E-state index contributed by atoms with van der Waals surface area (Å²) in [5.74, 6) is 1.34. The molecule has 3 aromatic rings.